The maximum Gasteiger partial charge on any atom is 0.220 e. The van der Waals surface area contributed by atoms with Gasteiger partial charge in [0.05, 0.1) is 22.2 Å². The number of oxazole rings is 1. The summed E-state index contributed by atoms with van der Waals surface area (Å²) in [4.78, 5) is 16.7. The fourth-order valence-corrected chi connectivity index (χ4v) is 3.99. The molecule has 6 nitrogen and oxygen atoms in total. The number of benzene rings is 2. The fraction of sp³-hybridized carbons (Fsp3) is 0.238. The number of hydrogen-bond acceptors (Lipinski definition) is 5. The lowest BCUT2D eigenvalue weighted by Crippen LogP contribution is -2.26. The normalized spacial score (nSPS) is 12.5. The van der Waals surface area contributed by atoms with Gasteiger partial charge < -0.3 is 9.73 Å². The van der Waals surface area contributed by atoms with Gasteiger partial charge in [0.2, 0.25) is 5.91 Å². The van der Waals surface area contributed by atoms with E-state index in [4.69, 9.17) is 27.6 Å². The van der Waals surface area contributed by atoms with Crippen LogP contribution in [0.4, 0.5) is 0 Å². The molecule has 0 radical (unpaired) electrons. The smallest absolute Gasteiger partial charge is 0.220 e. The number of rotatable bonds is 7. The van der Waals surface area contributed by atoms with E-state index in [0.717, 1.165) is 11.8 Å². The van der Waals surface area contributed by atoms with Crippen LogP contribution in [0, 0.1) is 0 Å². The molecule has 2 aromatic carbocycles. The molecule has 0 aliphatic rings. The Bertz CT molecular complexity index is 1160. The number of nitrogens with one attached hydrogen (secondary N) is 1. The first-order chi connectivity index (χ1) is 14.1. The first-order valence-corrected chi connectivity index (χ1v) is 11.8. The van der Waals surface area contributed by atoms with Gasteiger partial charge in [-0.25, -0.2) is 13.4 Å². The van der Waals surface area contributed by atoms with Gasteiger partial charge in [-0.15, -0.1) is 0 Å². The van der Waals surface area contributed by atoms with Gasteiger partial charge in [0.15, 0.2) is 21.5 Å². The number of carbonyl (C=O) groups excluding carboxylic acids is 1. The van der Waals surface area contributed by atoms with E-state index in [2.05, 4.69) is 10.3 Å². The molecule has 0 saturated heterocycles. The van der Waals surface area contributed by atoms with E-state index in [0.29, 0.717) is 33.7 Å². The zero-order valence-electron chi connectivity index (χ0n) is 16.4. The Labute approximate surface area is 185 Å². The summed E-state index contributed by atoms with van der Waals surface area (Å²) in [5.74, 6) is 0.765. The average molecular weight is 467 g/mol. The Balaban J connectivity index is 1.56. The highest BCUT2D eigenvalue weighted by atomic mass is 35.5. The number of sulfone groups is 1. The molecule has 1 N–H and O–H groups in total. The third-order valence-corrected chi connectivity index (χ3v) is 6.18. The van der Waals surface area contributed by atoms with Crippen molar-refractivity contribution in [1.82, 2.24) is 10.3 Å². The second-order valence-electron chi connectivity index (χ2n) is 6.87. The van der Waals surface area contributed by atoms with Crippen LogP contribution in [0.25, 0.3) is 11.3 Å². The molecule has 0 aliphatic carbocycles. The van der Waals surface area contributed by atoms with E-state index in [1.165, 1.54) is 12.1 Å². The van der Waals surface area contributed by atoms with Crippen LogP contribution >= 0.6 is 23.2 Å². The maximum absolute atomic E-state index is 12.3. The highest BCUT2D eigenvalue weighted by molar-refractivity contribution is 7.90. The van der Waals surface area contributed by atoms with Crippen LogP contribution in [0.3, 0.4) is 0 Å². The van der Waals surface area contributed by atoms with Crippen LogP contribution in [0.5, 0.6) is 0 Å². The van der Waals surface area contributed by atoms with Crippen molar-refractivity contribution in [3.63, 3.8) is 0 Å². The zero-order valence-corrected chi connectivity index (χ0v) is 18.7. The molecule has 3 rings (SSSR count). The van der Waals surface area contributed by atoms with Gasteiger partial charge in [-0.2, -0.15) is 0 Å². The van der Waals surface area contributed by atoms with E-state index in [9.17, 15) is 13.2 Å². The number of amides is 1. The molecule has 0 aliphatic heterocycles. The maximum atomic E-state index is 12.3. The molecular weight excluding hydrogens is 447 g/mol. The number of carbonyl (C=O) groups is 1. The monoisotopic (exact) mass is 466 g/mol. The first-order valence-electron chi connectivity index (χ1n) is 9.13. The second-order valence-corrected chi connectivity index (χ2v) is 9.73. The minimum atomic E-state index is -3.25. The number of nitrogens with zero attached hydrogens (tertiary/aromatic N) is 1. The van der Waals surface area contributed by atoms with Crippen molar-refractivity contribution in [2.75, 3.05) is 6.26 Å². The Kier molecular flexibility index (Phi) is 6.85. The van der Waals surface area contributed by atoms with E-state index in [-0.39, 0.29) is 23.3 Å². The van der Waals surface area contributed by atoms with Crippen LogP contribution < -0.4 is 5.32 Å². The summed E-state index contributed by atoms with van der Waals surface area (Å²) in [6.07, 6.45) is 3.24. The Hall–Kier alpha value is -2.35. The lowest BCUT2D eigenvalue weighted by Gasteiger charge is -2.14. The Morgan fingerprint density at radius 3 is 2.50 bits per heavy atom. The van der Waals surface area contributed by atoms with Crippen molar-refractivity contribution in [2.45, 2.75) is 30.7 Å². The summed E-state index contributed by atoms with van der Waals surface area (Å²) in [6.45, 7) is 1.83. The number of halogens is 2. The van der Waals surface area contributed by atoms with Crippen LogP contribution in [-0.4, -0.2) is 25.6 Å². The molecule has 30 heavy (non-hydrogen) atoms. The average Bonchev–Trinajstić information content (AvgIpc) is 3.14. The van der Waals surface area contributed by atoms with Crippen molar-refractivity contribution in [3.05, 3.63) is 70.2 Å². The molecule has 158 valence electrons. The van der Waals surface area contributed by atoms with Crippen LogP contribution in [0.2, 0.25) is 10.0 Å². The molecule has 3 aromatic rings. The fourth-order valence-electron chi connectivity index (χ4n) is 2.86. The largest absolute Gasteiger partial charge is 0.441 e. The Morgan fingerprint density at radius 2 is 1.87 bits per heavy atom. The van der Waals surface area contributed by atoms with Gasteiger partial charge >= 0.3 is 0 Å². The van der Waals surface area contributed by atoms with Gasteiger partial charge in [0, 0.05) is 29.7 Å². The lowest BCUT2D eigenvalue weighted by atomic mass is 10.1. The van der Waals surface area contributed by atoms with Crippen LogP contribution in [-0.2, 0) is 21.1 Å². The summed E-state index contributed by atoms with van der Waals surface area (Å²) in [5.41, 5.74) is 1.49. The van der Waals surface area contributed by atoms with Crippen molar-refractivity contribution in [2.24, 2.45) is 0 Å². The molecule has 0 spiro atoms. The molecule has 1 heterocycles. The molecule has 1 atom stereocenters. The molecule has 0 saturated carbocycles. The standard InChI is InChI=1S/C21H20Cl2N2O4S/c1-13(14-3-6-16(7-4-14)30(2,27)28)25-20(26)9-10-21-24-12-19(29-21)17-8-5-15(22)11-18(17)23/h3-8,11-13H,9-10H2,1-2H3,(H,25,26). The Morgan fingerprint density at radius 1 is 1.17 bits per heavy atom. The number of aromatic nitrogens is 1. The van der Waals surface area contributed by atoms with Crippen molar-refractivity contribution in [1.29, 1.82) is 0 Å². The molecule has 0 fully saturated rings. The molecule has 0 bridgehead atoms. The van der Waals surface area contributed by atoms with Gasteiger partial charge in [-0.05, 0) is 42.8 Å². The predicted molar refractivity (Wildman–Crippen MR) is 116 cm³/mol. The molecule has 9 heteroatoms. The van der Waals surface area contributed by atoms with Gasteiger partial charge in [-0.1, -0.05) is 35.3 Å². The topological polar surface area (TPSA) is 89.3 Å². The SMILES string of the molecule is CC(NC(=O)CCc1ncc(-c2ccc(Cl)cc2Cl)o1)c1ccc(S(C)(=O)=O)cc1. The summed E-state index contributed by atoms with van der Waals surface area (Å²) in [5, 5.41) is 3.87. The summed E-state index contributed by atoms with van der Waals surface area (Å²) >= 11 is 12.1. The van der Waals surface area contributed by atoms with Crippen LogP contribution in [0.1, 0.15) is 30.8 Å². The van der Waals surface area contributed by atoms with Gasteiger partial charge in [-0.3, -0.25) is 4.79 Å². The summed E-state index contributed by atoms with van der Waals surface area (Å²) in [6, 6.07) is 11.3. The second kappa shape index (κ2) is 9.20. The highest BCUT2D eigenvalue weighted by Gasteiger charge is 2.14. The predicted octanol–water partition coefficient (Wildman–Crippen LogP) is 4.86. The molecule has 1 unspecified atom stereocenters. The molecular formula is C21H20Cl2N2O4S. The summed E-state index contributed by atoms with van der Waals surface area (Å²) < 4.78 is 28.8. The van der Waals surface area contributed by atoms with E-state index in [1.807, 2.05) is 6.92 Å². The van der Waals surface area contributed by atoms with Crippen molar-refractivity contribution in [3.8, 4) is 11.3 Å². The molecule has 1 aromatic heterocycles. The van der Waals surface area contributed by atoms with Gasteiger partial charge in [0.25, 0.3) is 0 Å². The highest BCUT2D eigenvalue weighted by Crippen LogP contribution is 2.30. The number of aryl methyl sites for hydroxylation is 1. The quantitative estimate of drug-likeness (QED) is 0.536. The van der Waals surface area contributed by atoms with E-state index >= 15 is 0 Å². The third-order valence-electron chi connectivity index (χ3n) is 4.50. The van der Waals surface area contributed by atoms with Gasteiger partial charge in [0.1, 0.15) is 0 Å². The van der Waals surface area contributed by atoms with Crippen molar-refractivity contribution >= 4 is 38.9 Å². The minimum Gasteiger partial charge on any atom is -0.441 e. The van der Waals surface area contributed by atoms with E-state index in [1.54, 1.807) is 36.5 Å². The first kappa shape index (κ1) is 22.3. The third kappa shape index (κ3) is 5.62. The minimum absolute atomic E-state index is 0.168. The lowest BCUT2D eigenvalue weighted by molar-refractivity contribution is -0.121. The molecule has 1 amide bonds. The summed E-state index contributed by atoms with van der Waals surface area (Å²) in [7, 11) is -3.25. The number of hydrogen-bond donors (Lipinski definition) is 1. The zero-order chi connectivity index (χ0) is 21.9. The van der Waals surface area contributed by atoms with E-state index < -0.39 is 9.84 Å². The van der Waals surface area contributed by atoms with Crippen LogP contribution in [0.15, 0.2) is 58.0 Å². The van der Waals surface area contributed by atoms with Crippen molar-refractivity contribution < 1.29 is 17.6 Å².